The summed E-state index contributed by atoms with van der Waals surface area (Å²) in [5, 5.41) is 6.87. The number of rotatable bonds is 8. The minimum Gasteiger partial charge on any atom is -0.495 e. The van der Waals surface area contributed by atoms with Crippen LogP contribution in [0.3, 0.4) is 0 Å². The predicted molar refractivity (Wildman–Crippen MR) is 109 cm³/mol. The number of amides is 1. The molecule has 0 atom stereocenters. The molecular weight excluding hydrogens is 406 g/mol. The third-order valence-corrected chi connectivity index (χ3v) is 6.23. The minimum atomic E-state index is -3.76. The zero-order valence-corrected chi connectivity index (χ0v) is 17.1. The Morgan fingerprint density at radius 2 is 1.97 bits per heavy atom. The van der Waals surface area contributed by atoms with Gasteiger partial charge in [0.15, 0.2) is 0 Å². The lowest BCUT2D eigenvalue weighted by atomic mass is 10.1. The van der Waals surface area contributed by atoms with Crippen molar-refractivity contribution in [2.45, 2.75) is 30.3 Å². The summed E-state index contributed by atoms with van der Waals surface area (Å²) in [6, 6.07) is 11.8. The van der Waals surface area contributed by atoms with Gasteiger partial charge in [0, 0.05) is 18.2 Å². The van der Waals surface area contributed by atoms with Crippen LogP contribution in [0.5, 0.6) is 5.75 Å². The first kappa shape index (κ1) is 20.0. The Morgan fingerprint density at radius 3 is 2.60 bits per heavy atom. The Morgan fingerprint density at radius 1 is 1.20 bits per heavy atom. The van der Waals surface area contributed by atoms with E-state index in [-0.39, 0.29) is 28.2 Å². The second kappa shape index (κ2) is 8.25. The largest absolute Gasteiger partial charge is 0.495 e. The van der Waals surface area contributed by atoms with Crippen molar-refractivity contribution in [3.8, 4) is 11.4 Å². The number of hydrogen-bond acceptors (Lipinski definition) is 6. The lowest BCUT2D eigenvalue weighted by molar-refractivity contribution is 0.0950. The molecule has 1 heterocycles. The van der Waals surface area contributed by atoms with Crippen LogP contribution in [0.15, 0.2) is 60.0 Å². The van der Waals surface area contributed by atoms with Crippen LogP contribution in [0.25, 0.3) is 5.69 Å². The fourth-order valence-electron chi connectivity index (χ4n) is 2.90. The smallest absolute Gasteiger partial charge is 0.251 e. The van der Waals surface area contributed by atoms with Crippen molar-refractivity contribution in [3.63, 3.8) is 0 Å². The Bertz CT molecular complexity index is 1140. The molecule has 1 aliphatic carbocycles. The average molecular weight is 427 g/mol. The molecule has 0 spiro atoms. The number of sulfonamides is 1. The van der Waals surface area contributed by atoms with E-state index in [4.69, 9.17) is 4.74 Å². The SMILES string of the molecule is COc1ccc(C(=O)NCc2ccc(-n3cncn3)cc2)cc1S(=O)(=O)NC1CC1. The van der Waals surface area contributed by atoms with E-state index in [2.05, 4.69) is 20.1 Å². The van der Waals surface area contributed by atoms with E-state index in [0.29, 0.717) is 6.54 Å². The van der Waals surface area contributed by atoms with Gasteiger partial charge in [-0.1, -0.05) is 12.1 Å². The van der Waals surface area contributed by atoms with E-state index in [0.717, 1.165) is 24.1 Å². The first-order chi connectivity index (χ1) is 14.5. The third-order valence-electron chi connectivity index (χ3n) is 4.69. The van der Waals surface area contributed by atoms with Gasteiger partial charge in [0.05, 0.1) is 12.8 Å². The van der Waals surface area contributed by atoms with Crippen molar-refractivity contribution in [2.24, 2.45) is 0 Å². The predicted octanol–water partition coefficient (Wildman–Crippen LogP) is 1.65. The molecular formula is C20H21N5O4S. The van der Waals surface area contributed by atoms with Gasteiger partial charge >= 0.3 is 0 Å². The Hall–Kier alpha value is -3.24. The lowest BCUT2D eigenvalue weighted by Gasteiger charge is -2.12. The monoisotopic (exact) mass is 427 g/mol. The minimum absolute atomic E-state index is 0.0401. The van der Waals surface area contributed by atoms with E-state index in [1.54, 1.807) is 11.0 Å². The van der Waals surface area contributed by atoms with Gasteiger partial charge in [-0.3, -0.25) is 4.79 Å². The normalized spacial score (nSPS) is 13.8. The highest BCUT2D eigenvalue weighted by Gasteiger charge is 2.30. The summed E-state index contributed by atoms with van der Waals surface area (Å²) in [6.45, 7) is 0.297. The molecule has 1 saturated carbocycles. The van der Waals surface area contributed by atoms with Crippen LogP contribution < -0.4 is 14.8 Å². The van der Waals surface area contributed by atoms with Crippen LogP contribution in [0.1, 0.15) is 28.8 Å². The first-order valence-electron chi connectivity index (χ1n) is 9.39. The molecule has 2 aromatic carbocycles. The molecule has 1 aliphatic rings. The molecule has 9 nitrogen and oxygen atoms in total. The summed E-state index contributed by atoms with van der Waals surface area (Å²) in [6.07, 6.45) is 4.69. The maximum Gasteiger partial charge on any atom is 0.251 e. The fourth-order valence-corrected chi connectivity index (χ4v) is 4.40. The highest BCUT2D eigenvalue weighted by molar-refractivity contribution is 7.89. The summed E-state index contributed by atoms with van der Waals surface area (Å²) in [7, 11) is -2.36. The van der Waals surface area contributed by atoms with E-state index in [9.17, 15) is 13.2 Å². The highest BCUT2D eigenvalue weighted by Crippen LogP contribution is 2.28. The molecule has 3 aromatic rings. The molecule has 30 heavy (non-hydrogen) atoms. The zero-order valence-electron chi connectivity index (χ0n) is 16.3. The van der Waals surface area contributed by atoms with Crippen LogP contribution in [0.4, 0.5) is 0 Å². The number of nitrogens with zero attached hydrogens (tertiary/aromatic N) is 3. The van der Waals surface area contributed by atoms with E-state index in [1.807, 2.05) is 24.3 Å². The first-order valence-corrected chi connectivity index (χ1v) is 10.9. The molecule has 0 radical (unpaired) electrons. The molecule has 1 aromatic heterocycles. The summed E-state index contributed by atoms with van der Waals surface area (Å²) in [4.78, 5) is 16.5. The zero-order chi connectivity index (χ0) is 21.1. The van der Waals surface area contributed by atoms with Gasteiger partial charge in [0.1, 0.15) is 23.3 Å². The highest BCUT2D eigenvalue weighted by atomic mass is 32.2. The number of aromatic nitrogens is 3. The molecule has 0 aliphatic heterocycles. The van der Waals surface area contributed by atoms with Crippen molar-refractivity contribution in [2.75, 3.05) is 7.11 Å². The van der Waals surface area contributed by atoms with Crippen molar-refractivity contribution < 1.29 is 17.9 Å². The summed E-state index contributed by atoms with van der Waals surface area (Å²) < 4.78 is 34.6. The van der Waals surface area contributed by atoms with Crippen LogP contribution in [-0.2, 0) is 16.6 Å². The molecule has 156 valence electrons. The second-order valence-corrected chi connectivity index (χ2v) is 8.63. The molecule has 0 bridgehead atoms. The van der Waals surface area contributed by atoms with Gasteiger partial charge in [-0.2, -0.15) is 5.10 Å². The Balaban J connectivity index is 1.46. The summed E-state index contributed by atoms with van der Waals surface area (Å²) in [5.41, 5.74) is 1.99. The van der Waals surface area contributed by atoms with Crippen molar-refractivity contribution in [3.05, 3.63) is 66.2 Å². The average Bonchev–Trinajstić information content (AvgIpc) is 3.38. The fraction of sp³-hybridized carbons (Fsp3) is 0.250. The summed E-state index contributed by atoms with van der Waals surface area (Å²) in [5.74, 6) is -0.177. The molecule has 10 heteroatoms. The summed E-state index contributed by atoms with van der Waals surface area (Å²) >= 11 is 0. The van der Waals surface area contributed by atoms with Crippen molar-refractivity contribution >= 4 is 15.9 Å². The molecule has 4 rings (SSSR count). The van der Waals surface area contributed by atoms with Crippen molar-refractivity contribution in [1.29, 1.82) is 0 Å². The van der Waals surface area contributed by atoms with E-state index < -0.39 is 10.0 Å². The van der Waals surface area contributed by atoms with Gasteiger partial charge in [0.25, 0.3) is 5.91 Å². The Kier molecular flexibility index (Phi) is 5.51. The quantitative estimate of drug-likeness (QED) is 0.565. The second-order valence-electron chi connectivity index (χ2n) is 6.95. The number of benzene rings is 2. The third kappa shape index (κ3) is 4.50. The number of carbonyl (C=O) groups excluding carboxylic acids is 1. The van der Waals surface area contributed by atoms with Crippen molar-refractivity contribution in [1.82, 2.24) is 24.8 Å². The van der Waals surface area contributed by atoms with Gasteiger partial charge in [0.2, 0.25) is 10.0 Å². The van der Waals surface area contributed by atoms with Crippen LogP contribution >= 0.6 is 0 Å². The number of ether oxygens (including phenoxy) is 1. The van der Waals surface area contributed by atoms with Crippen LogP contribution in [-0.4, -0.2) is 42.2 Å². The maximum atomic E-state index is 12.6. The topological polar surface area (TPSA) is 115 Å². The number of hydrogen-bond donors (Lipinski definition) is 2. The molecule has 0 unspecified atom stereocenters. The molecule has 2 N–H and O–H groups in total. The van der Waals surface area contributed by atoms with E-state index in [1.165, 1.54) is 31.6 Å². The maximum absolute atomic E-state index is 12.6. The molecule has 1 amide bonds. The standard InChI is InChI=1S/C20H21N5O4S/c1-29-18-9-4-15(10-19(18)30(27,28)24-16-5-6-16)20(26)22-11-14-2-7-17(8-3-14)25-13-21-12-23-25/h2-4,7-10,12-13,16,24H,5-6,11H2,1H3,(H,22,26). The number of carbonyl (C=O) groups is 1. The van der Waals surface area contributed by atoms with Gasteiger partial charge in [-0.05, 0) is 48.7 Å². The number of methoxy groups -OCH3 is 1. The number of nitrogens with one attached hydrogen (secondary N) is 2. The van der Waals surface area contributed by atoms with Gasteiger partial charge in [-0.25, -0.2) is 22.8 Å². The van der Waals surface area contributed by atoms with Crippen LogP contribution in [0, 0.1) is 0 Å². The molecule has 0 saturated heterocycles. The van der Waals surface area contributed by atoms with Gasteiger partial charge in [-0.15, -0.1) is 0 Å². The van der Waals surface area contributed by atoms with Crippen LogP contribution in [0.2, 0.25) is 0 Å². The lowest BCUT2D eigenvalue weighted by Crippen LogP contribution is -2.27. The van der Waals surface area contributed by atoms with Gasteiger partial charge < -0.3 is 10.1 Å². The van der Waals surface area contributed by atoms with E-state index >= 15 is 0 Å². The Labute approximate surface area is 174 Å². The molecule has 1 fully saturated rings.